The fourth-order valence-corrected chi connectivity index (χ4v) is 3.85. The van der Waals surface area contributed by atoms with Gasteiger partial charge in [-0.15, -0.1) is 0 Å². The zero-order valence-corrected chi connectivity index (χ0v) is 17.3. The Morgan fingerprint density at radius 3 is 2.79 bits per heavy atom. The molecule has 1 saturated heterocycles. The van der Waals surface area contributed by atoms with Crippen molar-refractivity contribution in [1.29, 1.82) is 0 Å². The summed E-state index contributed by atoms with van der Waals surface area (Å²) in [6.07, 6.45) is 2.59. The Morgan fingerprint density at radius 2 is 2.11 bits per heavy atom. The first-order valence-corrected chi connectivity index (χ1v) is 9.67. The van der Waals surface area contributed by atoms with Crippen LogP contribution in [0.3, 0.4) is 0 Å². The maximum Gasteiger partial charge on any atom is 0.323 e. The fraction of sp³-hybridized carbons (Fsp3) is 0.455. The number of likely N-dealkylation sites (tertiary alicyclic amines) is 1. The minimum absolute atomic E-state index is 0.0917. The van der Waals surface area contributed by atoms with Crippen molar-refractivity contribution in [2.75, 3.05) is 20.2 Å². The molecule has 2 N–H and O–H groups in total. The molecule has 2 heterocycles. The van der Waals surface area contributed by atoms with Crippen molar-refractivity contribution in [2.45, 2.75) is 46.2 Å². The zero-order valence-electron chi connectivity index (χ0n) is 17.3. The molecule has 1 aliphatic rings. The summed E-state index contributed by atoms with van der Waals surface area (Å²) < 4.78 is 4.96. The number of hydrogen-bond donors (Lipinski definition) is 2. The Hall–Kier alpha value is -2.60. The van der Waals surface area contributed by atoms with Gasteiger partial charge in [-0.1, -0.05) is 11.6 Å². The van der Waals surface area contributed by atoms with E-state index in [-0.39, 0.29) is 24.0 Å². The van der Waals surface area contributed by atoms with Crippen LogP contribution in [0.4, 0.5) is 0 Å². The minimum Gasteiger partial charge on any atom is -0.468 e. The number of H-pyrrole nitrogens is 1. The van der Waals surface area contributed by atoms with E-state index in [1.807, 2.05) is 45.0 Å². The number of aromatic amines is 1. The average Bonchev–Trinajstić information content (AvgIpc) is 3.21. The molecule has 6 heteroatoms. The van der Waals surface area contributed by atoms with Crippen LogP contribution in [-0.2, 0) is 9.53 Å². The molecular formula is C22H29N3O3. The van der Waals surface area contributed by atoms with E-state index in [4.69, 9.17) is 4.74 Å². The molecule has 1 aromatic carbocycles. The van der Waals surface area contributed by atoms with Crippen molar-refractivity contribution in [3.63, 3.8) is 0 Å². The Morgan fingerprint density at radius 1 is 1.36 bits per heavy atom. The molecule has 1 aromatic heterocycles. The molecule has 0 bridgehead atoms. The Labute approximate surface area is 165 Å². The lowest BCUT2D eigenvalue weighted by Gasteiger charge is -2.22. The minimum atomic E-state index is -0.331. The van der Waals surface area contributed by atoms with Crippen molar-refractivity contribution in [1.82, 2.24) is 15.2 Å². The zero-order chi connectivity index (χ0) is 20.4. The van der Waals surface area contributed by atoms with Crippen LogP contribution in [0.1, 0.15) is 41.9 Å². The first-order valence-electron chi connectivity index (χ1n) is 9.67. The first kappa shape index (κ1) is 20.1. The van der Waals surface area contributed by atoms with Gasteiger partial charge in [-0.2, -0.15) is 0 Å². The molecule has 1 amide bonds. The van der Waals surface area contributed by atoms with E-state index in [0.717, 1.165) is 22.2 Å². The molecule has 1 aliphatic heterocycles. The second kappa shape index (κ2) is 8.19. The summed E-state index contributed by atoms with van der Waals surface area (Å²) >= 11 is 0. The maximum atomic E-state index is 12.8. The van der Waals surface area contributed by atoms with Gasteiger partial charge < -0.3 is 15.0 Å². The molecule has 2 aromatic rings. The lowest BCUT2D eigenvalue weighted by molar-refractivity contribution is -0.145. The molecule has 0 saturated carbocycles. The number of methoxy groups -OCH3 is 1. The highest BCUT2D eigenvalue weighted by atomic mass is 16.5. The molecular weight excluding hydrogens is 354 g/mol. The molecule has 2 atom stereocenters. The number of rotatable bonds is 5. The quantitative estimate of drug-likeness (QED) is 0.615. The molecule has 0 unspecified atom stereocenters. The first-order chi connectivity index (χ1) is 13.3. The van der Waals surface area contributed by atoms with Gasteiger partial charge in [0.2, 0.25) is 0 Å². The number of nitrogens with one attached hydrogen (secondary N) is 2. The van der Waals surface area contributed by atoms with Gasteiger partial charge in [0.1, 0.15) is 6.04 Å². The number of benzene rings is 1. The Kier molecular flexibility index (Phi) is 5.89. The highest BCUT2D eigenvalue weighted by molar-refractivity contribution is 5.99. The van der Waals surface area contributed by atoms with Crippen molar-refractivity contribution in [3.8, 4) is 0 Å². The summed E-state index contributed by atoms with van der Waals surface area (Å²) in [6, 6.07) is 5.28. The molecule has 0 spiro atoms. The topological polar surface area (TPSA) is 74.4 Å². The summed E-state index contributed by atoms with van der Waals surface area (Å²) in [5.74, 6) is -0.362. The Balaban J connectivity index is 1.74. The van der Waals surface area contributed by atoms with Crippen molar-refractivity contribution < 1.29 is 14.3 Å². The lowest BCUT2D eigenvalue weighted by Crippen LogP contribution is -2.38. The number of esters is 1. The number of aryl methyl sites for hydroxylation is 2. The molecule has 28 heavy (non-hydrogen) atoms. The van der Waals surface area contributed by atoms with Crippen molar-refractivity contribution in [2.24, 2.45) is 0 Å². The second-order valence-electron chi connectivity index (χ2n) is 7.64. The number of fused-ring (bicyclic) bond motifs is 1. The summed E-state index contributed by atoms with van der Waals surface area (Å²) in [5, 5.41) is 4.16. The Bertz CT molecular complexity index is 928. The van der Waals surface area contributed by atoms with E-state index in [1.165, 1.54) is 12.7 Å². The molecule has 0 aliphatic carbocycles. The van der Waals surface area contributed by atoms with Crippen molar-refractivity contribution in [3.05, 3.63) is 46.7 Å². The predicted octanol–water partition coefficient (Wildman–Crippen LogP) is 3.10. The number of carbonyl (C=O) groups excluding carboxylic acids is 2. The van der Waals surface area contributed by atoms with Crippen LogP contribution in [0, 0.1) is 13.8 Å². The molecule has 1 fully saturated rings. The maximum absolute atomic E-state index is 12.8. The van der Waals surface area contributed by atoms with Crippen LogP contribution in [0.2, 0.25) is 0 Å². The van der Waals surface area contributed by atoms with Crippen LogP contribution < -0.4 is 5.32 Å². The normalized spacial score (nSPS) is 20.5. The van der Waals surface area contributed by atoms with Crippen LogP contribution >= 0.6 is 0 Å². The van der Waals surface area contributed by atoms with Gasteiger partial charge in [0.15, 0.2) is 0 Å². The number of nitrogens with zero attached hydrogens (tertiary/aromatic N) is 1. The van der Waals surface area contributed by atoms with Crippen LogP contribution in [0.15, 0.2) is 29.8 Å². The van der Waals surface area contributed by atoms with Gasteiger partial charge in [-0.05, 0) is 57.9 Å². The summed E-state index contributed by atoms with van der Waals surface area (Å²) in [7, 11) is 1.41. The highest BCUT2D eigenvalue weighted by Gasteiger charge is 2.38. The number of aromatic nitrogens is 1. The third kappa shape index (κ3) is 3.97. The summed E-state index contributed by atoms with van der Waals surface area (Å²) in [4.78, 5) is 30.4. The lowest BCUT2D eigenvalue weighted by atomic mass is 10.1. The fourth-order valence-electron chi connectivity index (χ4n) is 3.85. The largest absolute Gasteiger partial charge is 0.468 e. The van der Waals surface area contributed by atoms with Gasteiger partial charge in [0.05, 0.1) is 7.11 Å². The smallest absolute Gasteiger partial charge is 0.323 e. The summed E-state index contributed by atoms with van der Waals surface area (Å²) in [6.45, 7) is 9.42. The van der Waals surface area contributed by atoms with E-state index < -0.39 is 0 Å². The molecule has 0 radical (unpaired) electrons. The number of hydrogen-bond acceptors (Lipinski definition) is 4. The molecule has 150 valence electrons. The number of ether oxygens (including phenoxy) is 1. The molecule has 6 nitrogen and oxygen atoms in total. The number of amides is 1. The average molecular weight is 383 g/mol. The SMILES string of the molecule is CC=C(C)CN1C[C@H](NC(=O)c2ccc3[nH]c(C)c(C)c3c2)C[C@H]1C(=O)OC. The van der Waals surface area contributed by atoms with E-state index in [2.05, 4.69) is 22.1 Å². The van der Waals surface area contributed by atoms with E-state index in [1.54, 1.807) is 0 Å². The second-order valence-corrected chi connectivity index (χ2v) is 7.64. The van der Waals surface area contributed by atoms with Gasteiger partial charge in [0, 0.05) is 41.3 Å². The number of carbonyl (C=O) groups is 2. The summed E-state index contributed by atoms with van der Waals surface area (Å²) in [5.41, 5.74) is 5.12. The van der Waals surface area contributed by atoms with Gasteiger partial charge >= 0.3 is 5.97 Å². The number of allylic oxidation sites excluding steroid dienone is 1. The van der Waals surface area contributed by atoms with E-state index in [9.17, 15) is 9.59 Å². The van der Waals surface area contributed by atoms with Crippen LogP contribution in [-0.4, -0.2) is 54.0 Å². The monoisotopic (exact) mass is 383 g/mol. The van der Waals surface area contributed by atoms with Gasteiger partial charge in [-0.3, -0.25) is 14.5 Å². The third-order valence-electron chi connectivity index (χ3n) is 5.73. The standard InChI is InChI=1S/C22H29N3O3/c1-6-13(2)11-25-12-17(10-20(25)22(27)28-5)24-21(26)16-7-8-19-18(9-16)14(3)15(4)23-19/h6-9,17,20,23H,10-12H2,1-5H3,(H,24,26)/t17-,20+/m1/s1. The highest BCUT2D eigenvalue weighted by Crippen LogP contribution is 2.24. The molecule has 3 rings (SSSR count). The van der Waals surface area contributed by atoms with Gasteiger partial charge in [-0.25, -0.2) is 0 Å². The third-order valence-corrected chi connectivity index (χ3v) is 5.73. The predicted molar refractivity (Wildman–Crippen MR) is 110 cm³/mol. The van der Waals surface area contributed by atoms with Crippen LogP contribution in [0.25, 0.3) is 10.9 Å². The van der Waals surface area contributed by atoms with E-state index >= 15 is 0 Å². The van der Waals surface area contributed by atoms with Gasteiger partial charge in [0.25, 0.3) is 5.91 Å². The van der Waals surface area contributed by atoms with Crippen LogP contribution in [0.5, 0.6) is 0 Å². The van der Waals surface area contributed by atoms with E-state index in [0.29, 0.717) is 25.1 Å². The van der Waals surface area contributed by atoms with Crippen molar-refractivity contribution >= 4 is 22.8 Å².